The quantitative estimate of drug-likeness (QED) is 0.749. The number of halogens is 3. The summed E-state index contributed by atoms with van der Waals surface area (Å²) in [7, 11) is 0. The van der Waals surface area contributed by atoms with Crippen LogP contribution >= 0.6 is 39.1 Å². The summed E-state index contributed by atoms with van der Waals surface area (Å²) in [5.74, 6) is 0. The van der Waals surface area contributed by atoms with Gasteiger partial charge in [-0.05, 0) is 48.4 Å². The monoisotopic (exact) mass is 412 g/mol. The van der Waals surface area contributed by atoms with E-state index >= 15 is 0 Å². The van der Waals surface area contributed by atoms with Crippen LogP contribution in [-0.4, -0.2) is 31.1 Å². The van der Waals surface area contributed by atoms with E-state index in [9.17, 15) is 0 Å². The zero-order valence-corrected chi connectivity index (χ0v) is 15.8. The topological polar surface area (TPSA) is 15.3 Å². The summed E-state index contributed by atoms with van der Waals surface area (Å²) in [5, 5.41) is 4.86. The summed E-state index contributed by atoms with van der Waals surface area (Å²) < 4.78 is 1.08. The average molecular weight is 414 g/mol. The molecule has 3 rings (SSSR count). The van der Waals surface area contributed by atoms with E-state index in [4.69, 9.17) is 23.2 Å². The molecule has 0 aliphatic carbocycles. The maximum absolute atomic E-state index is 6.53. The molecule has 1 aliphatic heterocycles. The van der Waals surface area contributed by atoms with E-state index in [-0.39, 0.29) is 6.04 Å². The van der Waals surface area contributed by atoms with Gasteiger partial charge in [-0.25, -0.2) is 0 Å². The van der Waals surface area contributed by atoms with Crippen LogP contribution < -0.4 is 5.32 Å². The van der Waals surface area contributed by atoms with Crippen LogP contribution in [0.5, 0.6) is 0 Å². The first-order valence-electron chi connectivity index (χ1n) is 7.80. The fourth-order valence-electron chi connectivity index (χ4n) is 3.08. The lowest BCUT2D eigenvalue weighted by molar-refractivity contribution is 0.241. The molecule has 1 fully saturated rings. The molecular formula is C18H19BrCl2N2. The maximum Gasteiger partial charge on any atom is 0.0617 e. The zero-order valence-electron chi connectivity index (χ0n) is 12.7. The first kappa shape index (κ1) is 17.2. The molecule has 2 aromatic rings. The van der Waals surface area contributed by atoms with Crippen molar-refractivity contribution >= 4 is 39.1 Å². The molecule has 5 heteroatoms. The van der Waals surface area contributed by atoms with Gasteiger partial charge in [-0.3, -0.25) is 4.90 Å². The van der Waals surface area contributed by atoms with Crippen molar-refractivity contribution in [2.45, 2.75) is 12.5 Å². The van der Waals surface area contributed by atoms with Gasteiger partial charge in [-0.1, -0.05) is 57.3 Å². The van der Waals surface area contributed by atoms with Crippen molar-refractivity contribution in [3.8, 4) is 0 Å². The Balaban J connectivity index is 2.03. The fraction of sp³-hybridized carbons (Fsp3) is 0.333. The Morgan fingerprint density at radius 3 is 2.52 bits per heavy atom. The molecule has 2 nitrogen and oxygen atoms in total. The predicted octanol–water partition coefficient (Wildman–Crippen LogP) is 5.14. The van der Waals surface area contributed by atoms with E-state index in [1.807, 2.05) is 12.1 Å². The summed E-state index contributed by atoms with van der Waals surface area (Å²) in [6.07, 6.45) is 1.14. The Kier molecular flexibility index (Phi) is 6.00. The first-order chi connectivity index (χ1) is 11.1. The third kappa shape index (κ3) is 4.28. The van der Waals surface area contributed by atoms with Gasteiger partial charge < -0.3 is 5.32 Å². The second-order valence-electron chi connectivity index (χ2n) is 5.76. The van der Waals surface area contributed by atoms with Gasteiger partial charge in [-0.2, -0.15) is 0 Å². The molecule has 0 saturated carbocycles. The van der Waals surface area contributed by atoms with Crippen molar-refractivity contribution in [1.82, 2.24) is 10.2 Å². The van der Waals surface area contributed by atoms with Crippen molar-refractivity contribution in [1.29, 1.82) is 0 Å². The molecule has 0 aromatic heterocycles. The highest BCUT2D eigenvalue weighted by molar-refractivity contribution is 9.10. The molecule has 1 heterocycles. The molecule has 2 aromatic carbocycles. The van der Waals surface area contributed by atoms with Gasteiger partial charge >= 0.3 is 0 Å². The minimum absolute atomic E-state index is 0.146. The summed E-state index contributed by atoms with van der Waals surface area (Å²) >= 11 is 16.1. The van der Waals surface area contributed by atoms with Gasteiger partial charge in [0.05, 0.1) is 6.04 Å². The Labute approximate surface area is 155 Å². The van der Waals surface area contributed by atoms with Crippen LogP contribution in [0.4, 0.5) is 0 Å². The highest BCUT2D eigenvalue weighted by Crippen LogP contribution is 2.35. The summed E-state index contributed by atoms with van der Waals surface area (Å²) in [4.78, 5) is 2.50. The van der Waals surface area contributed by atoms with Crippen molar-refractivity contribution in [2.75, 3.05) is 26.2 Å². The molecule has 23 heavy (non-hydrogen) atoms. The van der Waals surface area contributed by atoms with E-state index in [0.29, 0.717) is 5.02 Å². The lowest BCUT2D eigenvalue weighted by Crippen LogP contribution is -2.33. The van der Waals surface area contributed by atoms with Gasteiger partial charge in [-0.15, -0.1) is 0 Å². The molecule has 0 radical (unpaired) electrons. The summed E-state index contributed by atoms with van der Waals surface area (Å²) in [6.45, 7) is 4.11. The van der Waals surface area contributed by atoms with Crippen molar-refractivity contribution in [3.63, 3.8) is 0 Å². The summed E-state index contributed by atoms with van der Waals surface area (Å²) in [6, 6.07) is 14.5. The maximum atomic E-state index is 6.53. The molecule has 0 bridgehead atoms. The Bertz CT molecular complexity index is 653. The minimum atomic E-state index is 0.146. The Morgan fingerprint density at radius 2 is 1.78 bits per heavy atom. The van der Waals surface area contributed by atoms with Gasteiger partial charge in [0.15, 0.2) is 0 Å². The van der Waals surface area contributed by atoms with Crippen molar-refractivity contribution in [3.05, 3.63) is 68.1 Å². The number of nitrogens with one attached hydrogen (secondary N) is 1. The van der Waals surface area contributed by atoms with Crippen LogP contribution in [0, 0.1) is 0 Å². The van der Waals surface area contributed by atoms with Gasteiger partial charge in [0.1, 0.15) is 0 Å². The van der Waals surface area contributed by atoms with E-state index in [1.54, 1.807) is 0 Å². The van der Waals surface area contributed by atoms with Gasteiger partial charge in [0.25, 0.3) is 0 Å². The third-order valence-electron chi connectivity index (χ3n) is 4.18. The molecule has 122 valence electrons. The second kappa shape index (κ2) is 8.00. The Hall–Kier alpha value is -0.580. The van der Waals surface area contributed by atoms with E-state index in [0.717, 1.165) is 47.7 Å². The minimum Gasteiger partial charge on any atom is -0.315 e. The molecule has 1 atom stereocenters. The predicted molar refractivity (Wildman–Crippen MR) is 102 cm³/mol. The summed E-state index contributed by atoms with van der Waals surface area (Å²) in [5.41, 5.74) is 2.36. The van der Waals surface area contributed by atoms with Crippen LogP contribution in [-0.2, 0) is 0 Å². The largest absolute Gasteiger partial charge is 0.315 e. The number of hydrogen-bond acceptors (Lipinski definition) is 2. The molecular weight excluding hydrogens is 395 g/mol. The third-order valence-corrected chi connectivity index (χ3v) is 5.27. The lowest BCUT2D eigenvalue weighted by Gasteiger charge is -2.32. The van der Waals surface area contributed by atoms with Crippen LogP contribution in [0.2, 0.25) is 10.0 Å². The molecule has 0 amide bonds. The van der Waals surface area contributed by atoms with Crippen LogP contribution in [0.15, 0.2) is 46.9 Å². The number of rotatable bonds is 3. The highest BCUT2D eigenvalue weighted by Gasteiger charge is 2.25. The number of nitrogens with zero attached hydrogens (tertiary/aromatic N) is 1. The van der Waals surface area contributed by atoms with Crippen molar-refractivity contribution in [2.24, 2.45) is 0 Å². The lowest BCUT2D eigenvalue weighted by atomic mass is 9.96. The molecule has 1 N–H and O–H groups in total. The van der Waals surface area contributed by atoms with E-state index in [1.165, 1.54) is 5.56 Å². The first-order valence-corrected chi connectivity index (χ1v) is 9.35. The van der Waals surface area contributed by atoms with Crippen LogP contribution in [0.1, 0.15) is 23.6 Å². The van der Waals surface area contributed by atoms with Gasteiger partial charge in [0.2, 0.25) is 0 Å². The number of benzene rings is 2. The SMILES string of the molecule is Clc1ccc(C(c2ccc(Br)cc2)N2CCCNCC2)c(Cl)c1. The molecule has 1 saturated heterocycles. The van der Waals surface area contributed by atoms with Gasteiger partial charge in [0, 0.05) is 34.2 Å². The van der Waals surface area contributed by atoms with E-state index in [2.05, 4.69) is 56.5 Å². The highest BCUT2D eigenvalue weighted by atomic mass is 79.9. The average Bonchev–Trinajstić information content (AvgIpc) is 2.81. The number of hydrogen-bond donors (Lipinski definition) is 1. The smallest absolute Gasteiger partial charge is 0.0617 e. The van der Waals surface area contributed by atoms with Crippen molar-refractivity contribution < 1.29 is 0 Å². The molecule has 0 spiro atoms. The molecule has 1 aliphatic rings. The zero-order chi connectivity index (χ0) is 16.2. The van der Waals surface area contributed by atoms with E-state index < -0.39 is 0 Å². The second-order valence-corrected chi connectivity index (χ2v) is 7.52. The van der Waals surface area contributed by atoms with Crippen LogP contribution in [0.3, 0.4) is 0 Å². The molecule has 1 unspecified atom stereocenters. The Morgan fingerprint density at radius 1 is 1.00 bits per heavy atom. The fourth-order valence-corrected chi connectivity index (χ4v) is 3.86. The van der Waals surface area contributed by atoms with Crippen LogP contribution in [0.25, 0.3) is 0 Å². The normalized spacial score (nSPS) is 17.7. The standard InChI is InChI=1S/C18H19BrCl2N2/c19-14-4-2-13(3-5-14)18(23-10-1-8-22-9-11-23)16-7-6-15(20)12-17(16)21/h2-7,12,18,22H,1,8-11H2.